The van der Waals surface area contributed by atoms with Crippen molar-refractivity contribution in [2.75, 3.05) is 0 Å². The van der Waals surface area contributed by atoms with E-state index in [9.17, 15) is 9.59 Å². The molecule has 1 aliphatic rings. The molecule has 0 aliphatic heterocycles. The van der Waals surface area contributed by atoms with Gasteiger partial charge in [0.2, 0.25) is 11.8 Å². The van der Waals surface area contributed by atoms with E-state index in [0.717, 1.165) is 31.2 Å². The topological polar surface area (TPSA) is 111 Å². The maximum Gasteiger partial charge on any atom is 0.240 e. The van der Waals surface area contributed by atoms with Crippen molar-refractivity contribution in [2.24, 2.45) is 17.4 Å². The Labute approximate surface area is 130 Å². The molecular weight excluding hydrogens is 280 g/mol. The quantitative estimate of drug-likeness (QED) is 0.710. The summed E-state index contributed by atoms with van der Waals surface area (Å²) in [4.78, 5) is 27.9. The van der Waals surface area contributed by atoms with E-state index >= 15 is 0 Å². The largest absolute Gasteiger partial charge is 0.368 e. The molecule has 2 rings (SSSR count). The smallest absolute Gasteiger partial charge is 0.240 e. The zero-order valence-electron chi connectivity index (χ0n) is 12.7. The lowest BCUT2D eigenvalue weighted by Crippen LogP contribution is -2.53. The Bertz CT molecular complexity index is 500. The van der Waals surface area contributed by atoms with Gasteiger partial charge in [0.1, 0.15) is 6.04 Å². The van der Waals surface area contributed by atoms with E-state index in [-0.39, 0.29) is 11.8 Å². The minimum atomic E-state index is -0.758. The van der Waals surface area contributed by atoms with Crippen molar-refractivity contribution in [1.29, 1.82) is 0 Å². The van der Waals surface area contributed by atoms with Gasteiger partial charge in [-0.2, -0.15) is 0 Å². The number of nitrogens with one attached hydrogen (secondary N) is 1. The molecule has 1 aromatic rings. The molecule has 2 atom stereocenters. The van der Waals surface area contributed by atoms with Gasteiger partial charge in [-0.1, -0.05) is 25.3 Å². The standard InChI is InChI=1S/C16H24N4O2/c17-14(12-6-2-1-3-7-12)16(22)20-13(15(18)21)9-11-5-4-8-19-10-11/h4-5,8,10,12-14H,1-3,6-7,9,17H2,(H2,18,21)(H,20,22)/t13-,14-/m0/s1. The predicted octanol–water partition coefficient (Wildman–Crippen LogP) is 0.502. The molecule has 6 heteroatoms. The van der Waals surface area contributed by atoms with Crippen LogP contribution in [0, 0.1) is 5.92 Å². The number of hydrogen-bond acceptors (Lipinski definition) is 4. The molecule has 1 aliphatic carbocycles. The molecule has 2 amide bonds. The van der Waals surface area contributed by atoms with Gasteiger partial charge in [-0.25, -0.2) is 0 Å². The third kappa shape index (κ3) is 4.53. The normalized spacial score (nSPS) is 18.4. The van der Waals surface area contributed by atoms with Gasteiger partial charge in [0.25, 0.3) is 0 Å². The van der Waals surface area contributed by atoms with Crippen LogP contribution in [0.2, 0.25) is 0 Å². The number of nitrogens with zero attached hydrogens (tertiary/aromatic N) is 1. The Morgan fingerprint density at radius 2 is 2.05 bits per heavy atom. The first-order valence-electron chi connectivity index (χ1n) is 7.82. The van der Waals surface area contributed by atoms with Crippen LogP contribution in [0.1, 0.15) is 37.7 Å². The fourth-order valence-electron chi connectivity index (χ4n) is 2.95. The van der Waals surface area contributed by atoms with E-state index < -0.39 is 18.0 Å². The number of hydrogen-bond donors (Lipinski definition) is 3. The monoisotopic (exact) mass is 304 g/mol. The predicted molar refractivity (Wildman–Crippen MR) is 83.6 cm³/mol. The van der Waals surface area contributed by atoms with Crippen LogP contribution in [0.4, 0.5) is 0 Å². The number of pyridine rings is 1. The molecular formula is C16H24N4O2. The highest BCUT2D eigenvalue weighted by Crippen LogP contribution is 2.25. The van der Waals surface area contributed by atoms with Crippen LogP contribution < -0.4 is 16.8 Å². The maximum absolute atomic E-state index is 12.3. The highest BCUT2D eigenvalue weighted by Gasteiger charge is 2.28. The number of primary amides is 1. The van der Waals surface area contributed by atoms with Gasteiger partial charge >= 0.3 is 0 Å². The molecule has 0 bridgehead atoms. The van der Waals surface area contributed by atoms with E-state index in [1.54, 1.807) is 18.5 Å². The molecule has 0 aromatic carbocycles. The van der Waals surface area contributed by atoms with Crippen molar-refractivity contribution in [1.82, 2.24) is 10.3 Å². The zero-order valence-corrected chi connectivity index (χ0v) is 12.7. The van der Waals surface area contributed by atoms with Gasteiger partial charge in [0, 0.05) is 18.8 Å². The summed E-state index contributed by atoms with van der Waals surface area (Å²) in [6.07, 6.45) is 9.00. The van der Waals surface area contributed by atoms with Crippen molar-refractivity contribution in [3.05, 3.63) is 30.1 Å². The highest BCUT2D eigenvalue weighted by molar-refractivity contribution is 5.89. The van der Waals surface area contributed by atoms with E-state index in [1.807, 2.05) is 6.07 Å². The number of carbonyl (C=O) groups is 2. The molecule has 120 valence electrons. The van der Waals surface area contributed by atoms with Crippen LogP contribution in [0.5, 0.6) is 0 Å². The third-order valence-corrected chi connectivity index (χ3v) is 4.28. The maximum atomic E-state index is 12.3. The SMILES string of the molecule is NC(=O)[C@H](Cc1cccnc1)NC(=O)[C@@H](N)C1CCCCC1. The van der Waals surface area contributed by atoms with Crippen LogP contribution >= 0.6 is 0 Å². The summed E-state index contributed by atoms with van der Waals surface area (Å²) in [6, 6.07) is 2.29. The molecule has 1 aromatic heterocycles. The van der Waals surface area contributed by atoms with Crippen molar-refractivity contribution >= 4 is 11.8 Å². The van der Waals surface area contributed by atoms with Crippen LogP contribution in [-0.2, 0) is 16.0 Å². The van der Waals surface area contributed by atoms with Crippen molar-refractivity contribution in [3.63, 3.8) is 0 Å². The van der Waals surface area contributed by atoms with Gasteiger partial charge in [-0.3, -0.25) is 14.6 Å². The molecule has 5 N–H and O–H groups in total. The first-order valence-corrected chi connectivity index (χ1v) is 7.82. The number of nitrogens with two attached hydrogens (primary N) is 2. The van der Waals surface area contributed by atoms with Gasteiger partial charge in [0.05, 0.1) is 6.04 Å². The fourth-order valence-corrected chi connectivity index (χ4v) is 2.95. The zero-order chi connectivity index (χ0) is 15.9. The molecule has 1 saturated carbocycles. The van der Waals surface area contributed by atoms with Crippen molar-refractivity contribution in [2.45, 2.75) is 50.6 Å². The summed E-state index contributed by atoms with van der Waals surface area (Å²) in [5, 5.41) is 2.70. The Balaban J connectivity index is 1.95. The van der Waals surface area contributed by atoms with Crippen LogP contribution in [-0.4, -0.2) is 28.9 Å². The highest BCUT2D eigenvalue weighted by atomic mass is 16.2. The average Bonchev–Trinajstić information content (AvgIpc) is 2.55. The Morgan fingerprint density at radius 1 is 1.32 bits per heavy atom. The van der Waals surface area contributed by atoms with E-state index in [0.29, 0.717) is 6.42 Å². The second kappa shape index (κ2) is 7.89. The minimum absolute atomic E-state index is 0.195. The molecule has 22 heavy (non-hydrogen) atoms. The molecule has 0 saturated heterocycles. The lowest BCUT2D eigenvalue weighted by atomic mass is 9.84. The van der Waals surface area contributed by atoms with E-state index in [2.05, 4.69) is 10.3 Å². The van der Waals surface area contributed by atoms with Crippen LogP contribution in [0.15, 0.2) is 24.5 Å². The molecule has 0 unspecified atom stereocenters. The minimum Gasteiger partial charge on any atom is -0.368 e. The number of amides is 2. The van der Waals surface area contributed by atoms with Crippen molar-refractivity contribution < 1.29 is 9.59 Å². The Kier molecular flexibility index (Phi) is 5.89. The Morgan fingerprint density at radius 3 is 2.64 bits per heavy atom. The van der Waals surface area contributed by atoms with Gasteiger partial charge in [-0.05, 0) is 30.4 Å². The van der Waals surface area contributed by atoms with Gasteiger partial charge in [-0.15, -0.1) is 0 Å². The van der Waals surface area contributed by atoms with Crippen molar-refractivity contribution in [3.8, 4) is 0 Å². The molecule has 1 heterocycles. The van der Waals surface area contributed by atoms with Gasteiger partial charge in [0.15, 0.2) is 0 Å². The van der Waals surface area contributed by atoms with Crippen LogP contribution in [0.3, 0.4) is 0 Å². The fraction of sp³-hybridized carbons (Fsp3) is 0.562. The summed E-state index contributed by atoms with van der Waals surface area (Å²) in [6.45, 7) is 0. The summed E-state index contributed by atoms with van der Waals surface area (Å²) < 4.78 is 0. The molecule has 6 nitrogen and oxygen atoms in total. The summed E-state index contributed by atoms with van der Waals surface area (Å²) >= 11 is 0. The second-order valence-electron chi connectivity index (χ2n) is 5.95. The van der Waals surface area contributed by atoms with Crippen LogP contribution in [0.25, 0.3) is 0 Å². The van der Waals surface area contributed by atoms with Gasteiger partial charge < -0.3 is 16.8 Å². The number of carbonyl (C=O) groups excluding carboxylic acids is 2. The molecule has 0 spiro atoms. The lowest BCUT2D eigenvalue weighted by molar-refractivity contribution is -0.129. The lowest BCUT2D eigenvalue weighted by Gasteiger charge is -2.27. The number of rotatable bonds is 6. The summed E-state index contributed by atoms with van der Waals surface area (Å²) in [7, 11) is 0. The first-order chi connectivity index (χ1) is 10.6. The molecule has 1 fully saturated rings. The van der Waals surface area contributed by atoms with E-state index in [1.165, 1.54) is 6.42 Å². The average molecular weight is 304 g/mol. The third-order valence-electron chi connectivity index (χ3n) is 4.28. The Hall–Kier alpha value is -1.95. The summed E-state index contributed by atoms with van der Waals surface area (Å²) in [5.41, 5.74) is 12.3. The number of aromatic nitrogens is 1. The second-order valence-corrected chi connectivity index (χ2v) is 5.95. The molecule has 0 radical (unpaired) electrons. The summed E-state index contributed by atoms with van der Waals surface area (Å²) in [5.74, 6) is -0.659. The van der Waals surface area contributed by atoms with E-state index in [4.69, 9.17) is 11.5 Å². The first kappa shape index (κ1) is 16.4.